The Morgan fingerprint density at radius 3 is 0.879 bits per heavy atom. The quantitative estimate of drug-likeness (QED) is 0.112. The van der Waals surface area contributed by atoms with Gasteiger partial charge in [0, 0.05) is 0 Å². The summed E-state index contributed by atoms with van der Waals surface area (Å²) in [7, 11) is -1.53. The summed E-state index contributed by atoms with van der Waals surface area (Å²) in [6.45, 7) is 16.1. The van der Waals surface area contributed by atoms with Crippen molar-refractivity contribution in [3.8, 4) is 4.20 Å². The number of aliphatic hydroxyl groups is 3. The van der Waals surface area contributed by atoms with Crippen LogP contribution in [0.5, 0.6) is 0 Å². The molecule has 0 aliphatic carbocycles. The van der Waals surface area contributed by atoms with Crippen molar-refractivity contribution in [1.82, 2.24) is 0 Å². The van der Waals surface area contributed by atoms with Gasteiger partial charge in [0.05, 0.1) is 12.3 Å². The van der Waals surface area contributed by atoms with Gasteiger partial charge in [0.2, 0.25) is 0 Å². The number of benzene rings is 5. The Bertz CT molecular complexity index is 2130. The third-order valence-electron chi connectivity index (χ3n) is 9.09. The van der Waals surface area contributed by atoms with E-state index in [0.717, 1.165) is 26.0 Å². The number of hydrogen-bond acceptors (Lipinski definition) is 3. The van der Waals surface area contributed by atoms with Gasteiger partial charge in [-0.3, -0.25) is 0 Å². The van der Waals surface area contributed by atoms with Crippen LogP contribution in [0.15, 0.2) is 127 Å². The monoisotopic (exact) mass is 1130 g/mol. The van der Waals surface area contributed by atoms with E-state index in [1.807, 2.05) is 0 Å². The molecule has 18 heteroatoms. The minimum Gasteiger partial charge on any atom is -0.657 e. The van der Waals surface area contributed by atoms with Crippen LogP contribution in [0, 0.1) is 23.5 Å². The number of rotatable bonds is 7. The van der Waals surface area contributed by atoms with Gasteiger partial charge in [-0.15, -0.1) is 11.4 Å². The second-order valence-corrected chi connectivity index (χ2v) is 21.4. The summed E-state index contributed by atoms with van der Waals surface area (Å²) in [6, 6.07) is 35.6. The predicted molar refractivity (Wildman–Crippen MR) is 233 cm³/mol. The molecule has 0 fully saturated rings. The Morgan fingerprint density at radius 1 is 0.455 bits per heavy atom. The molecule has 0 radical (unpaired) electrons. The molecule has 0 saturated heterocycles. The van der Waals surface area contributed by atoms with Crippen molar-refractivity contribution >= 4 is 34.6 Å². The van der Waals surface area contributed by atoms with Gasteiger partial charge in [-0.25, -0.2) is 0 Å². The molecule has 0 aliphatic heterocycles. The third kappa shape index (κ3) is 14.7. The second kappa shape index (κ2) is 21.9. The van der Waals surface area contributed by atoms with E-state index in [-0.39, 0.29) is 23.3 Å². The van der Waals surface area contributed by atoms with Gasteiger partial charge in [0.1, 0.15) is 23.2 Å². The SMILES string of the molecule is CC(C)(C)O.CC(C)(C)[C]#[W+].C[P+](c1ccccc1)(c1ccccc1)c1ccccc1.Cc1ccc([N-]c2ccc(C)cc2C(O)(C(F)(F)F)C(F)(F)F)c(C(O)(C(F)(F)F)C(F)(F)F)c1. The van der Waals surface area contributed by atoms with Crippen LogP contribution in [0.2, 0.25) is 0 Å². The molecule has 5 rings (SSSR count). The molecule has 0 atom stereocenters. The molecule has 5 aromatic carbocycles. The first kappa shape index (κ1) is 58.0. The Kier molecular flexibility index (Phi) is 19.2. The standard InChI is InChI=1S/C20H14F12NO2.C19H18P.C5H9.C4H10O.W/c1-9-3-5-13(11(7-9)15(34,17(21,22)23)18(24,25)26)33-14-6-4-10(2)8-12(14)16(35,19(27,28)29)20(30,31)32;1-20(17-11-5-2-6-12-17,18-13-7-3-8-14-18)19-15-9-4-10-16-19;1-5(2,3)4;1-4(2,3)5;/h3-8,34-35H,1-2H3;2-16H,1H3;1-3H3;5H,1-3H3;/q-1;+1;;;+1. The zero-order chi connectivity index (χ0) is 51.0. The minimum absolute atomic E-state index is 0.188. The molecule has 0 saturated carbocycles. The molecule has 0 unspecified atom stereocenters. The molecule has 0 aliphatic rings. The maximum absolute atomic E-state index is 13.4. The van der Waals surface area contributed by atoms with Gasteiger partial charge in [-0.05, 0) is 82.1 Å². The fraction of sp³-hybridized carbons (Fsp3) is 0.354. The molecular weight excluding hydrogens is 1080 g/mol. The summed E-state index contributed by atoms with van der Waals surface area (Å²) in [4.78, 5) is 0. The minimum atomic E-state index is -6.42. The smallest absolute Gasteiger partial charge is 0.430 e. The van der Waals surface area contributed by atoms with Crippen molar-refractivity contribution < 1.29 is 87.2 Å². The zero-order valence-electron chi connectivity index (χ0n) is 37.3. The van der Waals surface area contributed by atoms with Gasteiger partial charge >= 0.3 is 74.2 Å². The van der Waals surface area contributed by atoms with E-state index < -0.39 is 71.3 Å². The van der Waals surface area contributed by atoms with Crippen LogP contribution in [0.1, 0.15) is 63.8 Å². The van der Waals surface area contributed by atoms with E-state index in [0.29, 0.717) is 17.5 Å². The molecule has 4 nitrogen and oxygen atoms in total. The van der Waals surface area contributed by atoms with Gasteiger partial charge in [-0.1, -0.05) is 102 Å². The topological polar surface area (TPSA) is 74.8 Å². The van der Waals surface area contributed by atoms with E-state index in [2.05, 4.69) is 128 Å². The molecular formula is C48H51F12NO3PW+. The summed E-state index contributed by atoms with van der Waals surface area (Å²) in [5, 5.41) is 35.5. The number of alkyl halides is 12. The van der Waals surface area contributed by atoms with Crippen LogP contribution >= 0.6 is 7.26 Å². The van der Waals surface area contributed by atoms with Gasteiger partial charge < -0.3 is 20.6 Å². The average Bonchev–Trinajstić information content (AvgIpc) is 3.20. The van der Waals surface area contributed by atoms with Crippen LogP contribution in [0.4, 0.5) is 64.1 Å². The summed E-state index contributed by atoms with van der Waals surface area (Å²) < 4.78 is 164. The van der Waals surface area contributed by atoms with Gasteiger partial charge in [0.15, 0.2) is 0 Å². The maximum atomic E-state index is 13.4. The van der Waals surface area contributed by atoms with Crippen molar-refractivity contribution in [1.29, 1.82) is 0 Å². The Labute approximate surface area is 388 Å². The van der Waals surface area contributed by atoms with Crippen LogP contribution in [-0.2, 0) is 30.4 Å². The molecule has 3 N–H and O–H groups in total. The van der Waals surface area contributed by atoms with Crippen molar-refractivity contribution in [3.63, 3.8) is 0 Å². The van der Waals surface area contributed by atoms with Crippen molar-refractivity contribution in [3.05, 3.63) is 155 Å². The first-order valence-electron chi connectivity index (χ1n) is 19.7. The first-order valence-corrected chi connectivity index (χ1v) is 23.4. The number of halogens is 12. The summed E-state index contributed by atoms with van der Waals surface area (Å²) in [5.74, 6) is 0. The van der Waals surface area contributed by atoms with Gasteiger partial charge in [0.25, 0.3) is 11.2 Å². The zero-order valence-corrected chi connectivity index (χ0v) is 41.1. The van der Waals surface area contributed by atoms with Crippen LogP contribution < -0.4 is 15.9 Å². The predicted octanol–water partition coefficient (Wildman–Crippen LogP) is 13.2. The largest absolute Gasteiger partial charge is 0.657 e. The molecule has 0 heterocycles. The maximum Gasteiger partial charge on any atom is 0.430 e. The number of nitrogens with zero attached hydrogens (tertiary/aromatic N) is 1. The summed E-state index contributed by atoms with van der Waals surface area (Å²) in [6.07, 6.45) is -25.7. The van der Waals surface area contributed by atoms with Gasteiger partial charge in [-0.2, -0.15) is 52.7 Å². The molecule has 0 amide bonds. The fourth-order valence-corrected chi connectivity index (χ4v) is 8.96. The molecule has 360 valence electrons. The van der Waals surface area contributed by atoms with E-state index in [4.69, 9.17) is 5.11 Å². The molecule has 66 heavy (non-hydrogen) atoms. The van der Waals surface area contributed by atoms with Crippen molar-refractivity contribution in [2.45, 2.75) is 96.9 Å². The molecule has 0 spiro atoms. The summed E-state index contributed by atoms with van der Waals surface area (Å²) in [5.41, 5.74) is -18.8. The van der Waals surface area contributed by atoms with E-state index in [1.165, 1.54) is 35.1 Å². The molecule has 0 aromatic heterocycles. The first-order chi connectivity index (χ1) is 29.9. The van der Waals surface area contributed by atoms with E-state index in [1.54, 1.807) is 20.8 Å². The number of aryl methyl sites for hydroxylation is 2. The van der Waals surface area contributed by atoms with E-state index >= 15 is 0 Å². The van der Waals surface area contributed by atoms with E-state index in [9.17, 15) is 62.9 Å². The molecule has 0 bridgehead atoms. The Hall–Kier alpha value is -4.16. The Balaban J connectivity index is 0.000000399. The fourth-order valence-electron chi connectivity index (χ4n) is 5.76. The van der Waals surface area contributed by atoms with Crippen LogP contribution in [0.3, 0.4) is 0 Å². The van der Waals surface area contributed by atoms with Crippen molar-refractivity contribution in [2.24, 2.45) is 5.41 Å². The van der Waals surface area contributed by atoms with Crippen LogP contribution in [0.25, 0.3) is 5.32 Å². The third-order valence-corrected chi connectivity index (χ3v) is 15.3. The molecule has 5 aromatic rings. The van der Waals surface area contributed by atoms with Crippen molar-refractivity contribution in [2.75, 3.05) is 6.66 Å². The number of hydrogen-bond donors (Lipinski definition) is 3. The average molecular weight is 1130 g/mol. The van der Waals surface area contributed by atoms with Crippen LogP contribution in [-0.4, -0.2) is 52.3 Å². The Morgan fingerprint density at radius 2 is 0.682 bits per heavy atom. The summed E-state index contributed by atoms with van der Waals surface area (Å²) >= 11 is 1.44. The second-order valence-electron chi connectivity index (χ2n) is 17.1. The normalized spacial score (nSPS) is 12.8.